The Morgan fingerprint density at radius 3 is 2.67 bits per heavy atom. The molecule has 4 heteroatoms. The van der Waals surface area contributed by atoms with E-state index in [1.165, 1.54) is 32.1 Å². The Labute approximate surface area is 90.4 Å². The lowest BCUT2D eigenvalue weighted by Gasteiger charge is -2.34. The van der Waals surface area contributed by atoms with Crippen molar-refractivity contribution in [2.75, 3.05) is 0 Å². The van der Waals surface area contributed by atoms with Crippen molar-refractivity contribution in [3.8, 4) is 0 Å². The molecule has 1 N–H and O–H groups in total. The number of hydrogen-bond acceptors (Lipinski definition) is 4. The first kappa shape index (κ1) is 10.6. The molecule has 1 heterocycles. The van der Waals surface area contributed by atoms with Gasteiger partial charge in [0.1, 0.15) is 0 Å². The molecule has 1 fully saturated rings. The van der Waals surface area contributed by atoms with Gasteiger partial charge in [-0.05, 0) is 19.8 Å². The lowest BCUT2D eigenvalue weighted by molar-refractivity contribution is 0.249. The van der Waals surface area contributed by atoms with Crippen LogP contribution in [-0.2, 0) is 6.54 Å². The minimum absolute atomic E-state index is 0.271. The monoisotopic (exact) mass is 209 g/mol. The van der Waals surface area contributed by atoms with Crippen molar-refractivity contribution in [2.24, 2.45) is 0 Å². The SMILES string of the molecule is Cc1nc(CNC2(C)CCCCC2)no1. The lowest BCUT2D eigenvalue weighted by Crippen LogP contribution is -2.43. The summed E-state index contributed by atoms with van der Waals surface area (Å²) in [6, 6.07) is 0. The molecule has 84 valence electrons. The number of nitrogens with zero attached hydrogens (tertiary/aromatic N) is 2. The van der Waals surface area contributed by atoms with Gasteiger partial charge in [0.15, 0.2) is 5.82 Å². The smallest absolute Gasteiger partial charge is 0.223 e. The van der Waals surface area contributed by atoms with Gasteiger partial charge in [-0.1, -0.05) is 24.4 Å². The summed E-state index contributed by atoms with van der Waals surface area (Å²) in [6.07, 6.45) is 6.54. The molecule has 0 aromatic carbocycles. The van der Waals surface area contributed by atoms with E-state index >= 15 is 0 Å². The van der Waals surface area contributed by atoms with Crippen LogP contribution in [0.5, 0.6) is 0 Å². The first-order valence-electron chi connectivity index (χ1n) is 5.72. The molecule has 1 aliphatic rings. The van der Waals surface area contributed by atoms with Crippen LogP contribution < -0.4 is 5.32 Å². The van der Waals surface area contributed by atoms with Gasteiger partial charge in [0, 0.05) is 12.5 Å². The maximum atomic E-state index is 4.94. The van der Waals surface area contributed by atoms with E-state index in [-0.39, 0.29) is 5.54 Å². The van der Waals surface area contributed by atoms with Gasteiger partial charge in [0.05, 0.1) is 6.54 Å². The fourth-order valence-electron chi connectivity index (χ4n) is 2.21. The molecule has 0 aliphatic heterocycles. The molecule has 1 aromatic heterocycles. The summed E-state index contributed by atoms with van der Waals surface area (Å²) in [4.78, 5) is 4.19. The van der Waals surface area contributed by atoms with Crippen LogP contribution in [0.25, 0.3) is 0 Å². The van der Waals surface area contributed by atoms with Crippen LogP contribution in [0, 0.1) is 6.92 Å². The van der Waals surface area contributed by atoms with Crippen molar-refractivity contribution in [1.29, 1.82) is 0 Å². The third-order valence-corrected chi connectivity index (χ3v) is 3.20. The molecular weight excluding hydrogens is 190 g/mol. The topological polar surface area (TPSA) is 51.0 Å². The quantitative estimate of drug-likeness (QED) is 0.829. The predicted octanol–water partition coefficient (Wildman–Crippen LogP) is 2.19. The van der Waals surface area contributed by atoms with E-state index in [0.717, 1.165) is 5.82 Å². The zero-order valence-electron chi connectivity index (χ0n) is 9.55. The summed E-state index contributed by atoms with van der Waals surface area (Å²) < 4.78 is 4.94. The minimum Gasteiger partial charge on any atom is -0.340 e. The van der Waals surface area contributed by atoms with Crippen molar-refractivity contribution in [3.63, 3.8) is 0 Å². The van der Waals surface area contributed by atoms with Gasteiger partial charge in [-0.3, -0.25) is 0 Å². The molecule has 0 atom stereocenters. The molecule has 2 rings (SSSR count). The van der Waals surface area contributed by atoms with Crippen molar-refractivity contribution < 1.29 is 4.52 Å². The largest absolute Gasteiger partial charge is 0.340 e. The average molecular weight is 209 g/mol. The van der Waals surface area contributed by atoms with Crippen LogP contribution in [0.15, 0.2) is 4.52 Å². The van der Waals surface area contributed by atoms with E-state index in [0.29, 0.717) is 12.4 Å². The normalized spacial score (nSPS) is 20.4. The van der Waals surface area contributed by atoms with Gasteiger partial charge in [-0.15, -0.1) is 0 Å². The van der Waals surface area contributed by atoms with Gasteiger partial charge < -0.3 is 9.84 Å². The maximum Gasteiger partial charge on any atom is 0.223 e. The van der Waals surface area contributed by atoms with Crippen molar-refractivity contribution in [2.45, 2.75) is 58.0 Å². The molecular formula is C11H19N3O. The fourth-order valence-corrected chi connectivity index (χ4v) is 2.21. The molecule has 4 nitrogen and oxygen atoms in total. The molecule has 0 spiro atoms. The molecule has 15 heavy (non-hydrogen) atoms. The van der Waals surface area contributed by atoms with E-state index in [1.807, 2.05) is 6.92 Å². The number of hydrogen-bond donors (Lipinski definition) is 1. The Morgan fingerprint density at radius 2 is 2.07 bits per heavy atom. The van der Waals surface area contributed by atoms with Crippen LogP contribution >= 0.6 is 0 Å². The standard InChI is InChI=1S/C11H19N3O/c1-9-13-10(14-15-9)8-12-11(2)6-4-3-5-7-11/h12H,3-8H2,1-2H3. The Balaban J connectivity index is 1.86. The third kappa shape index (κ3) is 2.78. The Morgan fingerprint density at radius 1 is 1.33 bits per heavy atom. The van der Waals surface area contributed by atoms with E-state index < -0.39 is 0 Å². The molecule has 1 aliphatic carbocycles. The van der Waals surface area contributed by atoms with Gasteiger partial charge in [0.2, 0.25) is 5.89 Å². The zero-order valence-corrected chi connectivity index (χ0v) is 9.55. The summed E-state index contributed by atoms with van der Waals surface area (Å²) in [6.45, 7) is 4.83. The van der Waals surface area contributed by atoms with Crippen LogP contribution in [-0.4, -0.2) is 15.7 Å². The Kier molecular flexibility index (Phi) is 3.05. The molecule has 0 unspecified atom stereocenters. The van der Waals surface area contributed by atoms with Gasteiger partial charge >= 0.3 is 0 Å². The molecule has 1 aromatic rings. The van der Waals surface area contributed by atoms with Crippen LogP contribution in [0.2, 0.25) is 0 Å². The predicted molar refractivity (Wildman–Crippen MR) is 57.4 cm³/mol. The third-order valence-electron chi connectivity index (χ3n) is 3.20. The fraction of sp³-hybridized carbons (Fsp3) is 0.818. The molecule has 0 saturated heterocycles. The second-order valence-electron chi connectivity index (χ2n) is 4.70. The van der Waals surface area contributed by atoms with Crippen LogP contribution in [0.1, 0.15) is 50.7 Å². The number of nitrogens with one attached hydrogen (secondary N) is 1. The van der Waals surface area contributed by atoms with Crippen molar-refractivity contribution in [3.05, 3.63) is 11.7 Å². The number of aryl methyl sites for hydroxylation is 1. The van der Waals surface area contributed by atoms with Gasteiger partial charge in [0.25, 0.3) is 0 Å². The van der Waals surface area contributed by atoms with Gasteiger partial charge in [-0.2, -0.15) is 4.98 Å². The number of rotatable bonds is 3. The Hall–Kier alpha value is -0.900. The van der Waals surface area contributed by atoms with Crippen LogP contribution in [0.3, 0.4) is 0 Å². The minimum atomic E-state index is 0.271. The Bertz CT molecular complexity index is 315. The van der Waals surface area contributed by atoms with Crippen molar-refractivity contribution in [1.82, 2.24) is 15.5 Å². The molecule has 0 bridgehead atoms. The second-order valence-corrected chi connectivity index (χ2v) is 4.70. The maximum absolute atomic E-state index is 4.94. The van der Waals surface area contributed by atoms with E-state index in [2.05, 4.69) is 22.4 Å². The highest BCUT2D eigenvalue weighted by atomic mass is 16.5. The molecule has 0 radical (unpaired) electrons. The van der Waals surface area contributed by atoms with E-state index in [1.54, 1.807) is 0 Å². The first-order chi connectivity index (χ1) is 7.18. The zero-order chi connectivity index (χ0) is 10.7. The number of aromatic nitrogens is 2. The summed E-state index contributed by atoms with van der Waals surface area (Å²) in [5, 5.41) is 7.43. The van der Waals surface area contributed by atoms with Crippen LogP contribution in [0.4, 0.5) is 0 Å². The highest BCUT2D eigenvalue weighted by molar-refractivity contribution is 4.90. The van der Waals surface area contributed by atoms with E-state index in [4.69, 9.17) is 4.52 Å². The second kappa shape index (κ2) is 4.31. The summed E-state index contributed by atoms with van der Waals surface area (Å²) >= 11 is 0. The highest BCUT2D eigenvalue weighted by Crippen LogP contribution is 2.27. The summed E-state index contributed by atoms with van der Waals surface area (Å²) in [7, 11) is 0. The molecule has 0 amide bonds. The lowest BCUT2D eigenvalue weighted by atomic mass is 9.83. The molecule has 1 saturated carbocycles. The van der Waals surface area contributed by atoms with E-state index in [9.17, 15) is 0 Å². The summed E-state index contributed by atoms with van der Waals surface area (Å²) in [5.41, 5.74) is 0.271. The first-order valence-corrected chi connectivity index (χ1v) is 5.72. The van der Waals surface area contributed by atoms with Gasteiger partial charge in [-0.25, -0.2) is 0 Å². The van der Waals surface area contributed by atoms with Crippen molar-refractivity contribution >= 4 is 0 Å². The summed E-state index contributed by atoms with van der Waals surface area (Å²) in [5.74, 6) is 1.40. The average Bonchev–Trinajstić information content (AvgIpc) is 2.63. The highest BCUT2D eigenvalue weighted by Gasteiger charge is 2.26.